The van der Waals surface area contributed by atoms with Gasteiger partial charge in [-0.25, -0.2) is 4.39 Å². The van der Waals surface area contributed by atoms with E-state index in [9.17, 15) is 4.39 Å². The summed E-state index contributed by atoms with van der Waals surface area (Å²) < 4.78 is 19.5. The molecule has 2 nitrogen and oxygen atoms in total. The second-order valence-electron chi connectivity index (χ2n) is 4.98. The van der Waals surface area contributed by atoms with Gasteiger partial charge in [0.05, 0.1) is 18.8 Å². The Balaban J connectivity index is 2.32. The molecule has 19 heavy (non-hydrogen) atoms. The quantitative estimate of drug-likeness (QED) is 0.798. The van der Waals surface area contributed by atoms with Gasteiger partial charge < -0.3 is 4.74 Å². The summed E-state index contributed by atoms with van der Waals surface area (Å²) in [6.07, 6.45) is 4.43. The van der Waals surface area contributed by atoms with Crippen LogP contribution in [0.25, 0.3) is 16.5 Å². The highest BCUT2D eigenvalue weighted by molar-refractivity contribution is 5.93. The van der Waals surface area contributed by atoms with Crippen LogP contribution in [0.4, 0.5) is 4.39 Å². The zero-order valence-corrected chi connectivity index (χ0v) is 11.2. The molecule has 1 aliphatic rings. The lowest BCUT2D eigenvalue weighted by Crippen LogP contribution is -1.95. The second kappa shape index (κ2) is 4.65. The predicted molar refractivity (Wildman–Crippen MR) is 74.7 cm³/mol. The zero-order valence-electron chi connectivity index (χ0n) is 11.2. The van der Waals surface area contributed by atoms with E-state index in [1.54, 1.807) is 7.11 Å². The summed E-state index contributed by atoms with van der Waals surface area (Å²) in [5, 5.41) is 0.843. The van der Waals surface area contributed by atoms with Gasteiger partial charge in [0.25, 0.3) is 0 Å². The Morgan fingerprint density at radius 1 is 1.26 bits per heavy atom. The third kappa shape index (κ3) is 1.99. The summed E-state index contributed by atoms with van der Waals surface area (Å²) >= 11 is 0. The number of hydrogen-bond donors (Lipinski definition) is 0. The summed E-state index contributed by atoms with van der Waals surface area (Å²) in [7, 11) is 1.62. The van der Waals surface area contributed by atoms with Crippen LogP contribution in [0, 0.1) is 5.82 Å². The molecule has 1 heterocycles. The van der Waals surface area contributed by atoms with Crippen molar-refractivity contribution in [3.63, 3.8) is 0 Å². The minimum absolute atomic E-state index is 0.239. The van der Waals surface area contributed by atoms with Crippen LogP contribution in [0.15, 0.2) is 30.0 Å². The van der Waals surface area contributed by atoms with E-state index >= 15 is 0 Å². The van der Waals surface area contributed by atoms with Gasteiger partial charge in [-0.15, -0.1) is 0 Å². The molecular weight excluding hydrogens is 241 g/mol. The first-order valence-electron chi connectivity index (χ1n) is 6.52. The van der Waals surface area contributed by atoms with Gasteiger partial charge in [-0.1, -0.05) is 5.57 Å². The van der Waals surface area contributed by atoms with Gasteiger partial charge >= 0.3 is 0 Å². The van der Waals surface area contributed by atoms with Gasteiger partial charge in [-0.2, -0.15) is 0 Å². The van der Waals surface area contributed by atoms with Crippen LogP contribution in [-0.4, -0.2) is 12.1 Å². The van der Waals surface area contributed by atoms with Crippen molar-refractivity contribution in [2.75, 3.05) is 7.11 Å². The van der Waals surface area contributed by atoms with Crippen LogP contribution < -0.4 is 4.74 Å². The number of rotatable bonds is 2. The van der Waals surface area contributed by atoms with Crippen LogP contribution >= 0.6 is 0 Å². The number of nitrogens with zero attached hydrogens (tertiary/aromatic N) is 1. The van der Waals surface area contributed by atoms with Crippen molar-refractivity contribution < 1.29 is 9.13 Å². The van der Waals surface area contributed by atoms with E-state index in [0.29, 0.717) is 5.56 Å². The van der Waals surface area contributed by atoms with Gasteiger partial charge in [-0.3, -0.25) is 4.98 Å². The fraction of sp³-hybridized carbons (Fsp3) is 0.312. The third-order valence-corrected chi connectivity index (χ3v) is 3.82. The number of benzene rings is 1. The van der Waals surface area contributed by atoms with E-state index in [-0.39, 0.29) is 5.82 Å². The average Bonchev–Trinajstić information content (AvgIpc) is 2.84. The lowest BCUT2D eigenvalue weighted by atomic mass is 9.98. The molecule has 1 aliphatic carbocycles. The minimum atomic E-state index is -0.239. The summed E-state index contributed by atoms with van der Waals surface area (Å²) in [6.45, 7) is 2.09. The molecule has 0 aliphatic heterocycles. The topological polar surface area (TPSA) is 22.1 Å². The lowest BCUT2D eigenvalue weighted by molar-refractivity contribution is 0.415. The maximum Gasteiger partial charge on any atom is 0.149 e. The van der Waals surface area contributed by atoms with E-state index in [4.69, 9.17) is 4.74 Å². The Morgan fingerprint density at radius 2 is 2.11 bits per heavy atom. The van der Waals surface area contributed by atoms with Gasteiger partial charge in [0.2, 0.25) is 0 Å². The Labute approximate surface area is 111 Å². The Kier molecular flexibility index (Phi) is 2.97. The van der Waals surface area contributed by atoms with Gasteiger partial charge in [-0.05, 0) is 50.0 Å². The highest BCUT2D eigenvalue weighted by Crippen LogP contribution is 2.38. The molecule has 0 saturated heterocycles. The summed E-state index contributed by atoms with van der Waals surface area (Å²) in [4.78, 5) is 4.16. The molecule has 2 aromatic rings. The molecule has 98 valence electrons. The number of aromatic nitrogens is 1. The first-order valence-corrected chi connectivity index (χ1v) is 6.52. The summed E-state index contributed by atoms with van der Waals surface area (Å²) in [5.41, 5.74) is 3.94. The van der Waals surface area contributed by atoms with Crippen LogP contribution in [0.3, 0.4) is 0 Å². The molecule has 1 aromatic carbocycles. The molecule has 3 heteroatoms. The van der Waals surface area contributed by atoms with Crippen LogP contribution in [0.2, 0.25) is 0 Å². The average molecular weight is 257 g/mol. The van der Waals surface area contributed by atoms with Gasteiger partial charge in [0, 0.05) is 10.9 Å². The van der Waals surface area contributed by atoms with E-state index in [2.05, 4.69) is 11.9 Å². The summed E-state index contributed by atoms with van der Waals surface area (Å²) in [6, 6.07) is 5.61. The smallest absolute Gasteiger partial charge is 0.149 e. The highest BCUT2D eigenvalue weighted by Gasteiger charge is 2.19. The molecule has 3 rings (SSSR count). The molecule has 1 aromatic heterocycles. The van der Waals surface area contributed by atoms with Crippen molar-refractivity contribution in [3.8, 4) is 5.75 Å². The lowest BCUT2D eigenvalue weighted by Gasteiger charge is -2.11. The first-order chi connectivity index (χ1) is 9.20. The second-order valence-corrected chi connectivity index (χ2v) is 4.98. The van der Waals surface area contributed by atoms with Crippen molar-refractivity contribution in [2.24, 2.45) is 0 Å². The van der Waals surface area contributed by atoms with Crippen molar-refractivity contribution in [1.29, 1.82) is 0 Å². The number of hydrogen-bond acceptors (Lipinski definition) is 2. The zero-order chi connectivity index (χ0) is 13.4. The monoisotopic (exact) mass is 257 g/mol. The molecule has 0 bridgehead atoms. The van der Waals surface area contributed by atoms with E-state index in [0.717, 1.165) is 41.5 Å². The fourth-order valence-corrected chi connectivity index (χ4v) is 2.81. The van der Waals surface area contributed by atoms with Crippen molar-refractivity contribution >= 4 is 16.5 Å². The molecule has 0 atom stereocenters. The molecule has 0 spiro atoms. The Hall–Kier alpha value is -1.90. The largest absolute Gasteiger partial charge is 0.497 e. The number of halogens is 1. The standard InChI is InChI=1S/C16H16FNO/c1-10-4-3-5-12(10)16-13-8-11(19-2)6-7-15(13)18-9-14(16)17/h6-9H,3-5H2,1-2H3. The normalized spacial score (nSPS) is 15.3. The van der Waals surface area contributed by atoms with E-state index in [1.165, 1.54) is 11.8 Å². The Morgan fingerprint density at radius 3 is 2.79 bits per heavy atom. The third-order valence-electron chi connectivity index (χ3n) is 3.82. The van der Waals surface area contributed by atoms with Crippen molar-refractivity contribution in [1.82, 2.24) is 4.98 Å². The van der Waals surface area contributed by atoms with E-state index in [1.807, 2.05) is 18.2 Å². The summed E-state index contributed by atoms with van der Waals surface area (Å²) in [5.74, 6) is 0.495. The number of pyridine rings is 1. The maximum absolute atomic E-state index is 14.2. The molecule has 0 saturated carbocycles. The number of methoxy groups -OCH3 is 1. The maximum atomic E-state index is 14.2. The van der Waals surface area contributed by atoms with Crippen LogP contribution in [0.1, 0.15) is 31.7 Å². The Bertz CT molecular complexity index is 676. The molecular formula is C16H16FNO. The highest BCUT2D eigenvalue weighted by atomic mass is 19.1. The molecule has 0 radical (unpaired) electrons. The number of ether oxygens (including phenoxy) is 1. The molecule has 0 unspecified atom stereocenters. The number of allylic oxidation sites excluding steroid dienone is 2. The van der Waals surface area contributed by atoms with Gasteiger partial charge in [0.1, 0.15) is 11.6 Å². The molecule has 0 fully saturated rings. The SMILES string of the molecule is COc1ccc2ncc(F)c(C3=C(C)CCC3)c2c1. The number of fused-ring (bicyclic) bond motifs is 1. The van der Waals surface area contributed by atoms with Crippen LogP contribution in [-0.2, 0) is 0 Å². The van der Waals surface area contributed by atoms with Gasteiger partial charge in [0.15, 0.2) is 0 Å². The predicted octanol–water partition coefficient (Wildman–Crippen LogP) is 4.34. The first kappa shape index (κ1) is 12.2. The molecule has 0 N–H and O–H groups in total. The minimum Gasteiger partial charge on any atom is -0.497 e. The molecule has 0 amide bonds. The van der Waals surface area contributed by atoms with Crippen LogP contribution in [0.5, 0.6) is 5.75 Å². The van der Waals surface area contributed by atoms with E-state index < -0.39 is 0 Å². The van der Waals surface area contributed by atoms with Crippen molar-refractivity contribution in [2.45, 2.75) is 26.2 Å². The van der Waals surface area contributed by atoms with Crippen molar-refractivity contribution in [3.05, 3.63) is 41.3 Å². The fourth-order valence-electron chi connectivity index (χ4n) is 2.81.